The number of primary amides is 1. The third-order valence-electron chi connectivity index (χ3n) is 5.54. The number of carbonyl (C=O) groups excluding carboxylic acids is 3. The first-order valence-corrected chi connectivity index (χ1v) is 11.6. The van der Waals surface area contributed by atoms with Crippen LogP contribution in [0, 0.1) is 12.7 Å². The van der Waals surface area contributed by atoms with Crippen molar-refractivity contribution in [2.45, 2.75) is 31.9 Å². The van der Waals surface area contributed by atoms with Crippen molar-refractivity contribution >= 4 is 40.6 Å². The number of nitrogens with two attached hydrogens (primary N) is 2. The quantitative estimate of drug-likeness (QED) is 0.429. The van der Waals surface area contributed by atoms with Gasteiger partial charge in [0.1, 0.15) is 22.2 Å². The van der Waals surface area contributed by atoms with Gasteiger partial charge in [0.25, 0.3) is 17.7 Å². The molecule has 1 aliphatic rings. The summed E-state index contributed by atoms with van der Waals surface area (Å²) in [5, 5.41) is 2.83. The number of aryl methyl sites for hydroxylation is 1. The van der Waals surface area contributed by atoms with Gasteiger partial charge < -0.3 is 25.9 Å². The highest BCUT2D eigenvalue weighted by Gasteiger charge is 2.38. The van der Waals surface area contributed by atoms with E-state index in [1.54, 1.807) is 19.1 Å². The number of carbonyl (C=O) groups is 3. The molecule has 1 fully saturated rings. The minimum Gasteiger partial charge on any atom is -0.464 e. The number of halogens is 1. The summed E-state index contributed by atoms with van der Waals surface area (Å²) in [5.74, 6) is -1.97. The Hall–Kier alpha value is -3.77. The number of hydrogen-bond acceptors (Lipinski definition) is 8. The van der Waals surface area contributed by atoms with Gasteiger partial charge in [0.15, 0.2) is 11.7 Å². The Bertz CT molecular complexity index is 1240. The second-order valence-electron chi connectivity index (χ2n) is 8.02. The standard InChI is InChI=1S/C23H24FN5O5S/c1-12-4-9-16(34-12)19(22(31)27-11-15-3-2-10-33-15)29(14-7-5-13(24)6-8-14)23(32)20-17(25)18(21(26)30)28-35-20/h4-9,15,19H,2-3,10-11,25H2,1H3,(H2,26,30)(H,27,31)/t15-,19+/m0/s1. The van der Waals surface area contributed by atoms with Crippen molar-refractivity contribution in [1.82, 2.24) is 9.69 Å². The van der Waals surface area contributed by atoms with E-state index in [2.05, 4.69) is 9.69 Å². The monoisotopic (exact) mass is 501 g/mol. The van der Waals surface area contributed by atoms with Gasteiger partial charge in [0, 0.05) is 18.8 Å². The third kappa shape index (κ3) is 5.17. The van der Waals surface area contributed by atoms with E-state index in [-0.39, 0.29) is 40.4 Å². The Balaban J connectivity index is 1.78. The first-order chi connectivity index (χ1) is 16.8. The van der Waals surface area contributed by atoms with Gasteiger partial charge in [-0.1, -0.05) is 0 Å². The number of furan rings is 1. The largest absolute Gasteiger partial charge is 0.464 e. The topological polar surface area (TPSA) is 154 Å². The fourth-order valence-corrected chi connectivity index (χ4v) is 4.56. The normalized spacial score (nSPS) is 16.1. The number of hydrogen-bond donors (Lipinski definition) is 3. The predicted molar refractivity (Wildman–Crippen MR) is 126 cm³/mol. The van der Waals surface area contributed by atoms with Gasteiger partial charge in [-0.15, -0.1) is 0 Å². The Morgan fingerprint density at radius 1 is 1.26 bits per heavy atom. The third-order valence-corrected chi connectivity index (χ3v) is 6.40. The highest BCUT2D eigenvalue weighted by molar-refractivity contribution is 7.09. The van der Waals surface area contributed by atoms with Crippen LogP contribution in [0.25, 0.3) is 0 Å². The lowest BCUT2D eigenvalue weighted by atomic mass is 10.1. The number of aromatic nitrogens is 1. The van der Waals surface area contributed by atoms with Crippen molar-refractivity contribution < 1.29 is 27.9 Å². The number of nitrogens with one attached hydrogen (secondary N) is 1. The fraction of sp³-hybridized carbons (Fsp3) is 0.304. The molecule has 2 aromatic heterocycles. The van der Waals surface area contributed by atoms with Crippen molar-refractivity contribution in [3.8, 4) is 0 Å². The van der Waals surface area contributed by atoms with Crippen LogP contribution >= 0.6 is 11.5 Å². The molecule has 3 amide bonds. The van der Waals surface area contributed by atoms with Gasteiger partial charge in [-0.3, -0.25) is 19.3 Å². The summed E-state index contributed by atoms with van der Waals surface area (Å²) in [7, 11) is 0. The molecule has 0 spiro atoms. The van der Waals surface area contributed by atoms with Crippen molar-refractivity contribution in [2.24, 2.45) is 5.73 Å². The van der Waals surface area contributed by atoms with Crippen LogP contribution in [0.15, 0.2) is 40.8 Å². The molecule has 12 heteroatoms. The SMILES string of the molecule is Cc1ccc([C@H](C(=O)NC[C@@H]2CCCO2)N(C(=O)c2snc(C(N)=O)c2N)c2ccc(F)cc2)o1. The maximum atomic E-state index is 13.8. The van der Waals surface area contributed by atoms with Crippen LogP contribution in [0.2, 0.25) is 0 Å². The summed E-state index contributed by atoms with van der Waals surface area (Å²) in [6.07, 6.45) is 1.57. The predicted octanol–water partition coefficient (Wildman–Crippen LogP) is 2.55. The summed E-state index contributed by atoms with van der Waals surface area (Å²) in [6, 6.07) is 7.01. The van der Waals surface area contributed by atoms with E-state index in [9.17, 15) is 18.8 Å². The molecule has 0 aliphatic carbocycles. The number of benzene rings is 1. The smallest absolute Gasteiger partial charge is 0.273 e. The minimum atomic E-state index is -1.28. The fourth-order valence-electron chi connectivity index (χ4n) is 3.81. The highest BCUT2D eigenvalue weighted by atomic mass is 32.1. The second kappa shape index (κ2) is 10.2. The van der Waals surface area contributed by atoms with Gasteiger partial charge in [0.2, 0.25) is 0 Å². The summed E-state index contributed by atoms with van der Waals surface area (Å²) < 4.78 is 28.9. The highest BCUT2D eigenvalue weighted by Crippen LogP contribution is 2.34. The number of amides is 3. The zero-order chi connectivity index (χ0) is 25.1. The number of ether oxygens (including phenoxy) is 1. The van der Waals surface area contributed by atoms with Crippen LogP contribution in [0.1, 0.15) is 50.6 Å². The van der Waals surface area contributed by atoms with E-state index in [1.165, 1.54) is 12.1 Å². The van der Waals surface area contributed by atoms with Crippen molar-refractivity contribution in [3.05, 3.63) is 64.3 Å². The molecule has 3 aromatic rings. The first-order valence-electron chi connectivity index (χ1n) is 10.9. The molecule has 35 heavy (non-hydrogen) atoms. The van der Waals surface area contributed by atoms with Crippen LogP contribution in [0.5, 0.6) is 0 Å². The molecular weight excluding hydrogens is 477 g/mol. The lowest BCUT2D eigenvalue weighted by molar-refractivity contribution is -0.123. The van der Waals surface area contributed by atoms with E-state index in [1.807, 2.05) is 0 Å². The van der Waals surface area contributed by atoms with Gasteiger partial charge in [-0.25, -0.2) is 4.39 Å². The van der Waals surface area contributed by atoms with E-state index in [0.29, 0.717) is 23.9 Å². The summed E-state index contributed by atoms with van der Waals surface area (Å²) >= 11 is 0.679. The van der Waals surface area contributed by atoms with Gasteiger partial charge in [-0.05, 0) is 67.7 Å². The second-order valence-corrected chi connectivity index (χ2v) is 8.79. The van der Waals surface area contributed by atoms with Gasteiger partial charge in [-0.2, -0.15) is 4.37 Å². The van der Waals surface area contributed by atoms with Gasteiger partial charge >= 0.3 is 0 Å². The molecule has 1 aromatic carbocycles. The van der Waals surface area contributed by atoms with E-state index in [0.717, 1.165) is 29.9 Å². The molecule has 1 saturated heterocycles. The van der Waals surface area contributed by atoms with Crippen LogP contribution < -0.4 is 21.7 Å². The van der Waals surface area contributed by atoms with Crippen molar-refractivity contribution in [3.63, 3.8) is 0 Å². The van der Waals surface area contributed by atoms with Crippen LogP contribution in [-0.2, 0) is 9.53 Å². The Morgan fingerprint density at radius 3 is 2.57 bits per heavy atom. The van der Waals surface area contributed by atoms with Crippen LogP contribution in [-0.4, -0.2) is 41.4 Å². The zero-order valence-corrected chi connectivity index (χ0v) is 19.6. The molecule has 4 rings (SSSR count). The molecule has 2 atom stereocenters. The molecule has 10 nitrogen and oxygen atoms in total. The van der Waals surface area contributed by atoms with E-state index >= 15 is 0 Å². The number of anilines is 2. The Morgan fingerprint density at radius 2 is 2.00 bits per heavy atom. The van der Waals surface area contributed by atoms with E-state index in [4.69, 9.17) is 20.6 Å². The summed E-state index contributed by atoms with van der Waals surface area (Å²) in [4.78, 5) is 40.0. The summed E-state index contributed by atoms with van der Waals surface area (Å²) in [5.41, 5.74) is 11.1. The van der Waals surface area contributed by atoms with Gasteiger partial charge in [0.05, 0.1) is 11.8 Å². The molecule has 5 N–H and O–H groups in total. The lowest BCUT2D eigenvalue weighted by Gasteiger charge is -2.30. The Kier molecular flexibility index (Phi) is 7.12. The molecule has 0 bridgehead atoms. The molecule has 3 heterocycles. The number of nitrogens with zero attached hydrogens (tertiary/aromatic N) is 2. The van der Waals surface area contributed by atoms with E-state index < -0.39 is 29.6 Å². The van der Waals surface area contributed by atoms with Crippen molar-refractivity contribution in [1.29, 1.82) is 0 Å². The zero-order valence-electron chi connectivity index (χ0n) is 18.8. The summed E-state index contributed by atoms with van der Waals surface area (Å²) in [6.45, 7) is 2.57. The van der Waals surface area contributed by atoms with Crippen LogP contribution in [0.3, 0.4) is 0 Å². The molecule has 0 saturated carbocycles. The maximum Gasteiger partial charge on any atom is 0.273 e. The number of rotatable bonds is 8. The average Bonchev–Trinajstić information content (AvgIpc) is 3.57. The minimum absolute atomic E-state index is 0.0941. The number of nitrogen functional groups attached to an aromatic ring is 1. The Labute approximate surface area is 204 Å². The molecule has 184 valence electrons. The molecular formula is C23H24FN5O5S. The van der Waals surface area contributed by atoms with Crippen LogP contribution in [0.4, 0.5) is 15.8 Å². The molecule has 0 unspecified atom stereocenters. The molecule has 1 aliphatic heterocycles. The maximum absolute atomic E-state index is 13.8. The molecule has 0 radical (unpaired) electrons. The average molecular weight is 502 g/mol. The lowest BCUT2D eigenvalue weighted by Crippen LogP contribution is -2.45. The first kappa shape index (κ1) is 24.4. The van der Waals surface area contributed by atoms with Crippen molar-refractivity contribution in [2.75, 3.05) is 23.8 Å².